The molecule has 19 heavy (non-hydrogen) atoms. The zero-order valence-corrected chi connectivity index (χ0v) is 11.1. The Kier molecular flexibility index (Phi) is 4.07. The lowest BCUT2D eigenvalue weighted by Crippen LogP contribution is -2.03. The molecule has 0 aliphatic carbocycles. The lowest BCUT2D eigenvalue weighted by Gasteiger charge is -2.06. The van der Waals surface area contributed by atoms with E-state index in [1.807, 2.05) is 0 Å². The second-order valence-corrected chi connectivity index (χ2v) is 4.54. The molecule has 3 nitrogen and oxygen atoms in total. The quantitative estimate of drug-likeness (QED) is 0.870. The molecule has 0 spiro atoms. The number of ketones is 1. The standard InChI is InChI=1S/C15H13ClO3/c1-19-13-7-4-11(15(18)9-13)8-14(17)10-2-5-12(16)6-3-10/h2-7,9,18H,8H2,1H3. The smallest absolute Gasteiger partial charge is 0.167 e. The van der Waals surface area contributed by atoms with Gasteiger partial charge >= 0.3 is 0 Å². The van der Waals surface area contributed by atoms with Crippen molar-refractivity contribution in [1.29, 1.82) is 0 Å². The molecule has 0 heterocycles. The number of ether oxygens (including phenoxy) is 1. The maximum absolute atomic E-state index is 12.0. The first kappa shape index (κ1) is 13.4. The molecule has 2 rings (SSSR count). The monoisotopic (exact) mass is 276 g/mol. The fraction of sp³-hybridized carbons (Fsp3) is 0.133. The van der Waals surface area contributed by atoms with Crippen LogP contribution in [0.4, 0.5) is 0 Å². The number of hydrogen-bond donors (Lipinski definition) is 1. The van der Waals surface area contributed by atoms with Gasteiger partial charge in [0.15, 0.2) is 5.78 Å². The van der Waals surface area contributed by atoms with Crippen LogP contribution in [0.1, 0.15) is 15.9 Å². The second kappa shape index (κ2) is 5.76. The summed E-state index contributed by atoms with van der Waals surface area (Å²) in [5, 5.41) is 10.4. The van der Waals surface area contributed by atoms with E-state index in [4.69, 9.17) is 16.3 Å². The predicted octanol–water partition coefficient (Wildman–Crippen LogP) is 3.48. The average molecular weight is 277 g/mol. The third-order valence-corrected chi connectivity index (χ3v) is 3.06. The zero-order chi connectivity index (χ0) is 13.8. The van der Waals surface area contributed by atoms with E-state index in [1.165, 1.54) is 13.2 Å². The van der Waals surface area contributed by atoms with Crippen molar-refractivity contribution in [3.05, 3.63) is 58.6 Å². The van der Waals surface area contributed by atoms with E-state index in [2.05, 4.69) is 0 Å². The number of benzene rings is 2. The molecule has 4 heteroatoms. The molecule has 2 aromatic carbocycles. The summed E-state index contributed by atoms with van der Waals surface area (Å²) >= 11 is 5.77. The van der Waals surface area contributed by atoms with E-state index in [-0.39, 0.29) is 18.0 Å². The van der Waals surface area contributed by atoms with Crippen LogP contribution in [0.5, 0.6) is 11.5 Å². The Morgan fingerprint density at radius 1 is 1.21 bits per heavy atom. The Bertz CT molecular complexity index is 591. The number of aromatic hydroxyl groups is 1. The van der Waals surface area contributed by atoms with Crippen LogP contribution in [-0.2, 0) is 6.42 Å². The van der Waals surface area contributed by atoms with Crippen molar-refractivity contribution < 1.29 is 14.6 Å². The first-order chi connectivity index (χ1) is 9.10. The number of phenolic OH excluding ortho intramolecular Hbond substituents is 1. The highest BCUT2D eigenvalue weighted by Crippen LogP contribution is 2.24. The average Bonchev–Trinajstić information content (AvgIpc) is 2.41. The van der Waals surface area contributed by atoms with Crippen molar-refractivity contribution in [3.8, 4) is 11.5 Å². The molecule has 0 fully saturated rings. The summed E-state index contributed by atoms with van der Waals surface area (Å²) in [4.78, 5) is 12.0. The number of hydrogen-bond acceptors (Lipinski definition) is 3. The molecule has 0 saturated heterocycles. The van der Waals surface area contributed by atoms with Crippen molar-refractivity contribution in [1.82, 2.24) is 0 Å². The molecule has 0 bridgehead atoms. The lowest BCUT2D eigenvalue weighted by atomic mass is 10.0. The van der Waals surface area contributed by atoms with Crippen molar-refractivity contribution in [2.45, 2.75) is 6.42 Å². The topological polar surface area (TPSA) is 46.5 Å². The molecule has 98 valence electrons. The van der Waals surface area contributed by atoms with E-state index in [0.717, 1.165) is 0 Å². The molecular weight excluding hydrogens is 264 g/mol. The van der Waals surface area contributed by atoms with Gasteiger partial charge in [-0.25, -0.2) is 0 Å². The number of carbonyl (C=O) groups excluding carboxylic acids is 1. The van der Waals surface area contributed by atoms with Crippen LogP contribution in [0.3, 0.4) is 0 Å². The Morgan fingerprint density at radius 3 is 2.47 bits per heavy atom. The normalized spacial score (nSPS) is 10.2. The van der Waals surface area contributed by atoms with Crippen LogP contribution >= 0.6 is 11.6 Å². The minimum Gasteiger partial charge on any atom is -0.508 e. The number of phenols is 1. The van der Waals surface area contributed by atoms with Crippen molar-refractivity contribution in [2.24, 2.45) is 0 Å². The third kappa shape index (κ3) is 3.26. The van der Waals surface area contributed by atoms with Crippen LogP contribution in [0.2, 0.25) is 5.02 Å². The van der Waals surface area contributed by atoms with Crippen LogP contribution in [-0.4, -0.2) is 18.0 Å². The summed E-state index contributed by atoms with van der Waals surface area (Å²) in [6.07, 6.45) is 0.136. The highest BCUT2D eigenvalue weighted by atomic mass is 35.5. The van der Waals surface area contributed by atoms with E-state index in [0.29, 0.717) is 21.9 Å². The van der Waals surface area contributed by atoms with Crippen molar-refractivity contribution in [3.63, 3.8) is 0 Å². The molecule has 0 aliphatic heterocycles. The van der Waals surface area contributed by atoms with Crippen molar-refractivity contribution >= 4 is 17.4 Å². The molecule has 0 aromatic heterocycles. The summed E-state index contributed by atoms with van der Waals surface area (Å²) in [6, 6.07) is 11.6. The van der Waals surface area contributed by atoms with Gasteiger partial charge in [0.1, 0.15) is 11.5 Å². The third-order valence-electron chi connectivity index (χ3n) is 2.81. The van der Waals surface area contributed by atoms with Gasteiger partial charge in [-0.3, -0.25) is 4.79 Å². The largest absolute Gasteiger partial charge is 0.508 e. The minimum absolute atomic E-state index is 0.0571. The first-order valence-corrected chi connectivity index (χ1v) is 6.12. The molecule has 0 unspecified atom stereocenters. The first-order valence-electron chi connectivity index (χ1n) is 5.75. The van der Waals surface area contributed by atoms with Crippen LogP contribution in [0.15, 0.2) is 42.5 Å². The van der Waals surface area contributed by atoms with Gasteiger partial charge in [0.05, 0.1) is 7.11 Å². The molecule has 0 aliphatic rings. The van der Waals surface area contributed by atoms with E-state index < -0.39 is 0 Å². The van der Waals surface area contributed by atoms with Crippen molar-refractivity contribution in [2.75, 3.05) is 7.11 Å². The van der Waals surface area contributed by atoms with E-state index in [9.17, 15) is 9.90 Å². The molecule has 0 saturated carbocycles. The minimum atomic E-state index is -0.0721. The van der Waals surface area contributed by atoms with Gasteiger partial charge in [-0.1, -0.05) is 17.7 Å². The Labute approximate surface area is 116 Å². The van der Waals surface area contributed by atoms with Crippen LogP contribution in [0.25, 0.3) is 0 Å². The number of Topliss-reactive ketones (excluding diaryl/α,β-unsaturated/α-hetero) is 1. The van der Waals surface area contributed by atoms with Gasteiger partial charge < -0.3 is 9.84 Å². The second-order valence-electron chi connectivity index (χ2n) is 4.10. The summed E-state index contributed by atoms with van der Waals surface area (Å²) < 4.78 is 4.99. The van der Waals surface area contributed by atoms with Gasteiger partial charge in [0.2, 0.25) is 0 Å². The summed E-state index contributed by atoms with van der Waals surface area (Å²) in [7, 11) is 1.52. The lowest BCUT2D eigenvalue weighted by molar-refractivity contribution is 0.0992. The van der Waals surface area contributed by atoms with Gasteiger partial charge in [-0.2, -0.15) is 0 Å². The van der Waals surface area contributed by atoms with Gasteiger partial charge in [0.25, 0.3) is 0 Å². The van der Waals surface area contributed by atoms with E-state index >= 15 is 0 Å². The fourth-order valence-electron chi connectivity index (χ4n) is 1.73. The van der Waals surface area contributed by atoms with Crippen LogP contribution < -0.4 is 4.74 Å². The number of methoxy groups -OCH3 is 1. The fourth-order valence-corrected chi connectivity index (χ4v) is 1.86. The molecule has 0 atom stereocenters. The summed E-state index contributed by atoms with van der Waals surface area (Å²) in [5.41, 5.74) is 1.14. The molecule has 0 radical (unpaired) electrons. The van der Waals surface area contributed by atoms with Gasteiger partial charge in [-0.15, -0.1) is 0 Å². The summed E-state index contributed by atoms with van der Waals surface area (Å²) in [5.74, 6) is 0.541. The molecule has 2 aromatic rings. The molecule has 0 amide bonds. The highest BCUT2D eigenvalue weighted by Gasteiger charge is 2.10. The van der Waals surface area contributed by atoms with Gasteiger partial charge in [0, 0.05) is 28.6 Å². The zero-order valence-electron chi connectivity index (χ0n) is 10.4. The molecular formula is C15H13ClO3. The van der Waals surface area contributed by atoms with Crippen LogP contribution in [0, 0.1) is 0 Å². The Balaban J connectivity index is 2.17. The maximum Gasteiger partial charge on any atom is 0.167 e. The molecule has 1 N–H and O–H groups in total. The number of carbonyl (C=O) groups is 1. The van der Waals surface area contributed by atoms with E-state index in [1.54, 1.807) is 36.4 Å². The number of halogens is 1. The maximum atomic E-state index is 12.0. The Morgan fingerprint density at radius 2 is 1.89 bits per heavy atom. The highest BCUT2D eigenvalue weighted by molar-refractivity contribution is 6.30. The SMILES string of the molecule is COc1ccc(CC(=O)c2ccc(Cl)cc2)c(O)c1. The Hall–Kier alpha value is -2.00. The van der Waals surface area contributed by atoms with Gasteiger partial charge in [-0.05, 0) is 30.3 Å². The summed E-state index contributed by atoms with van der Waals surface area (Å²) in [6.45, 7) is 0. The number of rotatable bonds is 4. The predicted molar refractivity (Wildman–Crippen MR) is 74.1 cm³/mol.